The van der Waals surface area contributed by atoms with Gasteiger partial charge in [0.1, 0.15) is 23.5 Å². The fraction of sp³-hybridized carbons (Fsp3) is 0.633. The van der Waals surface area contributed by atoms with E-state index in [9.17, 15) is 4.39 Å². The van der Waals surface area contributed by atoms with Gasteiger partial charge in [-0.3, -0.25) is 0 Å². The maximum atomic E-state index is 13.7. The molecule has 1 aromatic heterocycles. The summed E-state index contributed by atoms with van der Waals surface area (Å²) < 4.78 is 19.5. The first-order chi connectivity index (χ1) is 17.2. The van der Waals surface area contributed by atoms with E-state index in [0.29, 0.717) is 24.2 Å². The molecular formula is C30H42FN3O. The van der Waals surface area contributed by atoms with Gasteiger partial charge in [-0.1, -0.05) is 64.7 Å². The molecule has 1 aliphatic rings. The summed E-state index contributed by atoms with van der Waals surface area (Å²) >= 11 is 0. The minimum Gasteiger partial charge on any atom is -0.493 e. The average Bonchev–Trinajstić information content (AvgIpc) is 2.89. The highest BCUT2D eigenvalue weighted by molar-refractivity contribution is 5.36. The quantitative estimate of drug-likeness (QED) is 0.241. The van der Waals surface area contributed by atoms with Crippen molar-refractivity contribution in [3.05, 3.63) is 53.4 Å². The van der Waals surface area contributed by atoms with Crippen molar-refractivity contribution in [2.75, 3.05) is 6.61 Å². The number of benzene rings is 1. The topological polar surface area (TPSA) is 58.8 Å². The van der Waals surface area contributed by atoms with Crippen molar-refractivity contribution in [2.24, 2.45) is 5.92 Å². The molecule has 5 heteroatoms. The SMILES string of the molecule is CCCCCCCCCCCCc1cnc(C2CCC(COc3ccc(C#N)c(F)c3)CC2)nc1. The Bertz CT molecular complexity index is 901. The fourth-order valence-corrected chi connectivity index (χ4v) is 5.00. The number of rotatable bonds is 15. The predicted octanol–water partition coefficient (Wildman–Crippen LogP) is 8.30. The first-order valence-corrected chi connectivity index (χ1v) is 13.8. The highest BCUT2D eigenvalue weighted by Gasteiger charge is 2.24. The van der Waals surface area contributed by atoms with Gasteiger partial charge in [-0.25, -0.2) is 14.4 Å². The zero-order valence-electron chi connectivity index (χ0n) is 21.5. The number of halogens is 1. The van der Waals surface area contributed by atoms with E-state index in [1.807, 2.05) is 18.5 Å². The van der Waals surface area contributed by atoms with E-state index < -0.39 is 5.82 Å². The summed E-state index contributed by atoms with van der Waals surface area (Å²) in [4.78, 5) is 9.40. The Hall–Kier alpha value is -2.48. The molecule has 0 amide bonds. The lowest BCUT2D eigenvalue weighted by Crippen LogP contribution is -2.20. The molecule has 0 spiro atoms. The van der Waals surface area contributed by atoms with E-state index in [1.165, 1.54) is 81.9 Å². The summed E-state index contributed by atoms with van der Waals surface area (Å²) in [6, 6.07) is 6.27. The van der Waals surface area contributed by atoms with Crippen molar-refractivity contribution >= 4 is 0 Å². The van der Waals surface area contributed by atoms with Crippen LogP contribution >= 0.6 is 0 Å². The third-order valence-electron chi connectivity index (χ3n) is 7.30. The Morgan fingerprint density at radius 2 is 1.54 bits per heavy atom. The van der Waals surface area contributed by atoms with Crippen molar-refractivity contribution < 1.29 is 9.13 Å². The first-order valence-electron chi connectivity index (χ1n) is 13.8. The van der Waals surface area contributed by atoms with E-state index in [0.717, 1.165) is 37.9 Å². The molecular weight excluding hydrogens is 437 g/mol. The lowest BCUT2D eigenvalue weighted by atomic mass is 9.82. The summed E-state index contributed by atoms with van der Waals surface area (Å²) in [5, 5.41) is 8.84. The molecule has 1 heterocycles. The predicted molar refractivity (Wildman–Crippen MR) is 139 cm³/mol. The molecule has 35 heavy (non-hydrogen) atoms. The van der Waals surface area contributed by atoms with Crippen LogP contribution in [0.5, 0.6) is 5.75 Å². The Kier molecular flexibility index (Phi) is 12.0. The van der Waals surface area contributed by atoms with Crippen molar-refractivity contribution in [1.82, 2.24) is 9.97 Å². The van der Waals surface area contributed by atoms with Gasteiger partial charge in [0.25, 0.3) is 0 Å². The van der Waals surface area contributed by atoms with E-state index >= 15 is 0 Å². The summed E-state index contributed by atoms with van der Waals surface area (Å²) in [7, 11) is 0. The molecule has 4 nitrogen and oxygen atoms in total. The van der Waals surface area contributed by atoms with Crippen LogP contribution in [-0.4, -0.2) is 16.6 Å². The number of ether oxygens (including phenoxy) is 1. The van der Waals surface area contributed by atoms with Crippen LogP contribution in [0.15, 0.2) is 30.6 Å². The van der Waals surface area contributed by atoms with Gasteiger partial charge in [0.15, 0.2) is 0 Å². The molecule has 0 atom stereocenters. The Labute approximate surface area is 211 Å². The van der Waals surface area contributed by atoms with Gasteiger partial charge < -0.3 is 4.74 Å². The zero-order valence-corrected chi connectivity index (χ0v) is 21.5. The Balaban J connectivity index is 1.28. The molecule has 1 saturated carbocycles. The van der Waals surface area contributed by atoms with Crippen LogP contribution < -0.4 is 4.74 Å². The number of hydrogen-bond donors (Lipinski definition) is 0. The number of nitrogens with zero attached hydrogens (tertiary/aromatic N) is 3. The van der Waals surface area contributed by atoms with Crippen LogP contribution in [0.2, 0.25) is 0 Å². The summed E-state index contributed by atoms with van der Waals surface area (Å²) in [5.74, 6) is 1.82. The zero-order chi connectivity index (χ0) is 24.7. The van der Waals surface area contributed by atoms with E-state index in [4.69, 9.17) is 20.0 Å². The van der Waals surface area contributed by atoms with Crippen LogP contribution in [0.3, 0.4) is 0 Å². The second-order valence-corrected chi connectivity index (χ2v) is 10.2. The van der Waals surface area contributed by atoms with Crippen molar-refractivity contribution in [3.63, 3.8) is 0 Å². The number of aromatic nitrogens is 2. The molecule has 0 radical (unpaired) electrons. The van der Waals surface area contributed by atoms with Gasteiger partial charge in [0, 0.05) is 24.4 Å². The lowest BCUT2D eigenvalue weighted by molar-refractivity contribution is 0.197. The molecule has 2 aromatic rings. The minimum absolute atomic E-state index is 0.0485. The summed E-state index contributed by atoms with van der Waals surface area (Å²) in [5.41, 5.74) is 1.30. The van der Waals surface area contributed by atoms with Crippen LogP contribution in [-0.2, 0) is 6.42 Å². The van der Waals surface area contributed by atoms with E-state index in [2.05, 4.69) is 6.92 Å². The van der Waals surface area contributed by atoms with Gasteiger partial charge in [0.05, 0.1) is 12.2 Å². The third kappa shape index (κ3) is 9.59. The highest BCUT2D eigenvalue weighted by atomic mass is 19.1. The standard InChI is InChI=1S/C30H42FN3O/c1-2-3-4-5-6-7-8-9-10-11-12-25-21-33-30(34-22-25)26-15-13-24(14-16-26)23-35-28-18-17-27(20-32)29(31)19-28/h17-19,21-22,24,26H,2-16,23H2,1H3. The molecule has 0 N–H and O–H groups in total. The highest BCUT2D eigenvalue weighted by Crippen LogP contribution is 2.34. The van der Waals surface area contributed by atoms with Crippen molar-refractivity contribution in [1.29, 1.82) is 5.26 Å². The fourth-order valence-electron chi connectivity index (χ4n) is 5.00. The van der Waals surface area contributed by atoms with Gasteiger partial charge in [-0.15, -0.1) is 0 Å². The van der Waals surface area contributed by atoms with Gasteiger partial charge >= 0.3 is 0 Å². The van der Waals surface area contributed by atoms with Crippen LogP contribution in [0, 0.1) is 23.1 Å². The number of hydrogen-bond acceptors (Lipinski definition) is 4. The largest absolute Gasteiger partial charge is 0.493 e. The second-order valence-electron chi connectivity index (χ2n) is 10.2. The molecule has 0 saturated heterocycles. The molecule has 0 bridgehead atoms. The molecule has 1 fully saturated rings. The molecule has 1 aliphatic carbocycles. The summed E-state index contributed by atoms with van der Waals surface area (Å²) in [6.45, 7) is 2.85. The van der Waals surface area contributed by atoms with Crippen molar-refractivity contribution in [2.45, 2.75) is 109 Å². The van der Waals surface area contributed by atoms with Crippen LogP contribution in [0.25, 0.3) is 0 Å². The van der Waals surface area contributed by atoms with E-state index in [-0.39, 0.29) is 5.56 Å². The van der Waals surface area contributed by atoms with Gasteiger partial charge in [-0.05, 0) is 62.1 Å². The maximum Gasteiger partial charge on any atom is 0.144 e. The maximum absolute atomic E-state index is 13.7. The monoisotopic (exact) mass is 479 g/mol. The lowest BCUT2D eigenvalue weighted by Gasteiger charge is -2.27. The van der Waals surface area contributed by atoms with Crippen LogP contribution in [0.1, 0.15) is 120 Å². The van der Waals surface area contributed by atoms with Gasteiger partial charge in [-0.2, -0.15) is 5.26 Å². The number of unbranched alkanes of at least 4 members (excludes halogenated alkanes) is 9. The molecule has 3 rings (SSSR count). The Morgan fingerprint density at radius 3 is 2.14 bits per heavy atom. The molecule has 0 aliphatic heterocycles. The normalized spacial score (nSPS) is 17.7. The molecule has 0 unspecified atom stereocenters. The Morgan fingerprint density at radius 1 is 0.914 bits per heavy atom. The average molecular weight is 480 g/mol. The first kappa shape index (κ1) is 27.1. The van der Waals surface area contributed by atoms with Gasteiger partial charge in [0.2, 0.25) is 0 Å². The van der Waals surface area contributed by atoms with Crippen LogP contribution in [0.4, 0.5) is 4.39 Å². The second kappa shape index (κ2) is 15.5. The number of aryl methyl sites for hydroxylation is 1. The van der Waals surface area contributed by atoms with Crippen molar-refractivity contribution in [3.8, 4) is 11.8 Å². The minimum atomic E-state index is -0.525. The third-order valence-corrected chi connectivity index (χ3v) is 7.30. The smallest absolute Gasteiger partial charge is 0.144 e. The summed E-state index contributed by atoms with van der Waals surface area (Å²) in [6.07, 6.45) is 23.0. The van der Waals surface area contributed by atoms with E-state index in [1.54, 1.807) is 6.07 Å². The molecule has 190 valence electrons. The number of nitriles is 1. The molecule has 1 aromatic carbocycles.